The van der Waals surface area contributed by atoms with Crippen LogP contribution in [0.15, 0.2) is 12.5 Å². The van der Waals surface area contributed by atoms with E-state index in [9.17, 15) is 0 Å². The van der Waals surface area contributed by atoms with Crippen LogP contribution in [0.3, 0.4) is 0 Å². The lowest BCUT2D eigenvalue weighted by Crippen LogP contribution is -1.97. The lowest BCUT2D eigenvalue weighted by atomic mass is 10.8. The molecule has 2 heterocycles. The van der Waals surface area contributed by atoms with Gasteiger partial charge in [-0.2, -0.15) is 9.61 Å². The minimum atomic E-state index is 0.275. The molecule has 0 spiro atoms. The summed E-state index contributed by atoms with van der Waals surface area (Å²) in [6.45, 7) is 0. The summed E-state index contributed by atoms with van der Waals surface area (Å²) in [7, 11) is 0. The molecule has 0 fully saturated rings. The predicted octanol–water partition coefficient (Wildman–Crippen LogP) is -0.899. The first-order chi connectivity index (χ1) is 4.88. The van der Waals surface area contributed by atoms with Crippen LogP contribution in [0.1, 0.15) is 0 Å². The molecule has 0 saturated heterocycles. The molecule has 0 aliphatic carbocycles. The van der Waals surface area contributed by atoms with Gasteiger partial charge in [-0.05, 0) is 0 Å². The summed E-state index contributed by atoms with van der Waals surface area (Å²) in [6.07, 6.45) is 2.92. The largest absolute Gasteiger partial charge is 0.366 e. The topological polar surface area (TPSA) is 82.0 Å². The number of nitrogens with two attached hydrogens (primary N) is 1. The Morgan fingerprint density at radius 2 is 2.30 bits per heavy atom. The molecule has 2 aromatic heterocycles. The molecule has 0 aliphatic rings. The maximum absolute atomic E-state index is 5.38. The van der Waals surface area contributed by atoms with Crippen molar-refractivity contribution in [1.82, 2.24) is 24.8 Å². The predicted molar refractivity (Wildman–Crippen MR) is 33.0 cm³/mol. The Morgan fingerprint density at radius 3 is 3.10 bits per heavy atom. The third-order valence-electron chi connectivity index (χ3n) is 1.11. The second-order valence-corrected chi connectivity index (χ2v) is 1.74. The molecule has 0 bridgehead atoms. The first-order valence-electron chi connectivity index (χ1n) is 2.65. The Labute approximate surface area is 55.7 Å². The highest BCUT2D eigenvalue weighted by atomic mass is 15.4. The number of hydrogen-bond donors (Lipinski definition) is 1. The summed E-state index contributed by atoms with van der Waals surface area (Å²) >= 11 is 0. The molecule has 2 rings (SSSR count). The Hall–Kier alpha value is -1.72. The minimum absolute atomic E-state index is 0.275. The van der Waals surface area contributed by atoms with Gasteiger partial charge in [0.05, 0.1) is 6.20 Å². The van der Waals surface area contributed by atoms with Crippen molar-refractivity contribution in [2.45, 2.75) is 0 Å². The molecule has 0 atom stereocenters. The number of anilines is 1. The van der Waals surface area contributed by atoms with E-state index in [0.717, 1.165) is 0 Å². The lowest BCUT2D eigenvalue weighted by Gasteiger charge is -1.87. The molecule has 0 amide bonds. The number of nitrogens with zero attached hydrogens (tertiary/aromatic N) is 5. The zero-order chi connectivity index (χ0) is 6.97. The first kappa shape index (κ1) is 5.10. The van der Waals surface area contributed by atoms with Crippen molar-refractivity contribution in [1.29, 1.82) is 0 Å². The number of aromatic nitrogens is 5. The van der Waals surface area contributed by atoms with Crippen LogP contribution >= 0.6 is 0 Å². The van der Waals surface area contributed by atoms with Gasteiger partial charge in [-0.3, -0.25) is 0 Å². The van der Waals surface area contributed by atoms with E-state index in [4.69, 9.17) is 5.73 Å². The van der Waals surface area contributed by atoms with E-state index < -0.39 is 0 Å². The smallest absolute Gasteiger partial charge is 0.243 e. The highest BCUT2D eigenvalue weighted by molar-refractivity contribution is 5.37. The fourth-order valence-corrected chi connectivity index (χ4v) is 0.685. The molecule has 2 N–H and O–H groups in total. The molecule has 50 valence electrons. The Balaban J connectivity index is 2.93. The van der Waals surface area contributed by atoms with Crippen molar-refractivity contribution in [3.05, 3.63) is 12.5 Å². The van der Waals surface area contributed by atoms with Crippen molar-refractivity contribution < 1.29 is 0 Å². The molecule has 10 heavy (non-hydrogen) atoms. The highest BCUT2D eigenvalue weighted by Crippen LogP contribution is 1.97. The van der Waals surface area contributed by atoms with E-state index in [1.165, 1.54) is 17.0 Å². The molecule has 6 nitrogen and oxygen atoms in total. The molecule has 0 saturated carbocycles. The number of nitrogen functional groups attached to an aromatic ring is 1. The SMILES string of the molecule is Nc1nnc2cncnn12. The molecule has 0 aromatic carbocycles. The molecule has 6 heteroatoms. The Kier molecular flexibility index (Phi) is 0.830. The van der Waals surface area contributed by atoms with Crippen LogP contribution in [0.25, 0.3) is 5.65 Å². The maximum Gasteiger partial charge on any atom is 0.243 e. The highest BCUT2D eigenvalue weighted by Gasteiger charge is 1.98. The average Bonchev–Trinajstić information content (AvgIpc) is 2.34. The number of hydrogen-bond acceptors (Lipinski definition) is 5. The van der Waals surface area contributed by atoms with Gasteiger partial charge in [-0.25, -0.2) is 4.98 Å². The van der Waals surface area contributed by atoms with Gasteiger partial charge in [0.2, 0.25) is 5.95 Å². The zero-order valence-electron chi connectivity index (χ0n) is 4.97. The van der Waals surface area contributed by atoms with E-state index in [-0.39, 0.29) is 5.95 Å². The monoisotopic (exact) mass is 136 g/mol. The van der Waals surface area contributed by atoms with Crippen molar-refractivity contribution >= 4 is 11.6 Å². The van der Waals surface area contributed by atoms with E-state index in [0.29, 0.717) is 5.65 Å². The van der Waals surface area contributed by atoms with Crippen molar-refractivity contribution in [2.24, 2.45) is 0 Å². The Bertz CT molecular complexity index is 351. The lowest BCUT2D eigenvalue weighted by molar-refractivity contribution is 0.903. The van der Waals surface area contributed by atoms with Crippen LogP contribution in [0.2, 0.25) is 0 Å². The van der Waals surface area contributed by atoms with Crippen molar-refractivity contribution in [2.75, 3.05) is 5.73 Å². The van der Waals surface area contributed by atoms with Crippen LogP contribution in [-0.4, -0.2) is 24.8 Å². The normalized spacial score (nSPS) is 10.4. The van der Waals surface area contributed by atoms with Gasteiger partial charge in [0, 0.05) is 0 Å². The molecule has 0 aliphatic heterocycles. The molecular weight excluding hydrogens is 132 g/mol. The van der Waals surface area contributed by atoms with Crippen LogP contribution in [-0.2, 0) is 0 Å². The molecular formula is C4H4N6. The van der Waals surface area contributed by atoms with Crippen LogP contribution < -0.4 is 5.73 Å². The average molecular weight is 136 g/mol. The van der Waals surface area contributed by atoms with Crippen LogP contribution in [0.4, 0.5) is 5.95 Å². The van der Waals surface area contributed by atoms with Gasteiger partial charge in [0.25, 0.3) is 0 Å². The molecule has 0 unspecified atom stereocenters. The standard InChI is InChI=1S/C4H4N6/c5-4-9-8-3-1-6-2-7-10(3)4/h1-2H,(H2,5,9). The first-order valence-corrected chi connectivity index (χ1v) is 2.65. The minimum Gasteiger partial charge on any atom is -0.366 e. The van der Waals surface area contributed by atoms with Crippen molar-refractivity contribution in [3.63, 3.8) is 0 Å². The van der Waals surface area contributed by atoms with Crippen molar-refractivity contribution in [3.8, 4) is 0 Å². The van der Waals surface area contributed by atoms with E-state index in [2.05, 4.69) is 20.3 Å². The number of rotatable bonds is 0. The summed E-state index contributed by atoms with van der Waals surface area (Å²) < 4.78 is 1.41. The summed E-state index contributed by atoms with van der Waals surface area (Å²) in [4.78, 5) is 3.74. The van der Waals surface area contributed by atoms with Gasteiger partial charge < -0.3 is 5.73 Å². The summed E-state index contributed by atoms with van der Waals surface area (Å²) in [5, 5.41) is 11.1. The molecule has 0 radical (unpaired) electrons. The summed E-state index contributed by atoms with van der Waals surface area (Å²) in [5.74, 6) is 0.275. The van der Waals surface area contributed by atoms with Gasteiger partial charge in [0.1, 0.15) is 6.33 Å². The third-order valence-corrected chi connectivity index (χ3v) is 1.11. The third kappa shape index (κ3) is 0.524. The van der Waals surface area contributed by atoms with Crippen LogP contribution in [0.5, 0.6) is 0 Å². The Morgan fingerprint density at radius 1 is 1.40 bits per heavy atom. The summed E-state index contributed by atoms with van der Waals surface area (Å²) in [6, 6.07) is 0. The zero-order valence-corrected chi connectivity index (χ0v) is 4.97. The fourth-order valence-electron chi connectivity index (χ4n) is 0.685. The van der Waals surface area contributed by atoms with E-state index in [1.807, 2.05) is 0 Å². The van der Waals surface area contributed by atoms with Gasteiger partial charge >= 0.3 is 0 Å². The van der Waals surface area contributed by atoms with E-state index in [1.54, 1.807) is 0 Å². The quantitative estimate of drug-likeness (QED) is 0.507. The van der Waals surface area contributed by atoms with E-state index >= 15 is 0 Å². The molecule has 2 aromatic rings. The van der Waals surface area contributed by atoms with Gasteiger partial charge in [0.15, 0.2) is 5.65 Å². The summed E-state index contributed by atoms with van der Waals surface area (Å²) in [5.41, 5.74) is 5.93. The van der Waals surface area contributed by atoms with Crippen LogP contribution in [0, 0.1) is 0 Å². The fraction of sp³-hybridized carbons (Fsp3) is 0. The van der Waals surface area contributed by atoms with Gasteiger partial charge in [-0.1, -0.05) is 0 Å². The second-order valence-electron chi connectivity index (χ2n) is 1.74. The number of fused-ring (bicyclic) bond motifs is 1. The second kappa shape index (κ2) is 1.63. The van der Waals surface area contributed by atoms with Gasteiger partial charge in [-0.15, -0.1) is 10.2 Å². The maximum atomic E-state index is 5.38.